The van der Waals surface area contributed by atoms with Crippen LogP contribution in [0.1, 0.15) is 30.1 Å². The van der Waals surface area contributed by atoms with Crippen LogP contribution in [0.15, 0.2) is 24.3 Å². The van der Waals surface area contributed by atoms with Gasteiger partial charge in [0.2, 0.25) is 0 Å². The van der Waals surface area contributed by atoms with Crippen molar-refractivity contribution >= 4 is 10.9 Å². The quantitative estimate of drug-likeness (QED) is 0.742. The number of para-hydroxylation sites is 1. The molecule has 0 amide bonds. The molecule has 3 heteroatoms. The highest BCUT2D eigenvalue weighted by Crippen LogP contribution is 2.38. The van der Waals surface area contributed by atoms with Crippen LogP contribution in [0.25, 0.3) is 10.9 Å². The molecule has 3 nitrogen and oxygen atoms in total. The summed E-state index contributed by atoms with van der Waals surface area (Å²) in [5, 5.41) is 1.41. The zero-order valence-corrected chi connectivity index (χ0v) is 10.5. The molecule has 0 spiro atoms. The summed E-state index contributed by atoms with van der Waals surface area (Å²) in [7, 11) is 0. The van der Waals surface area contributed by atoms with Crippen LogP contribution in [0.2, 0.25) is 0 Å². The summed E-state index contributed by atoms with van der Waals surface area (Å²) in [6.45, 7) is 2.34. The van der Waals surface area contributed by atoms with Crippen LogP contribution < -0.4 is 5.73 Å². The molecule has 0 saturated carbocycles. The number of H-pyrrole nitrogens is 1. The van der Waals surface area contributed by atoms with Gasteiger partial charge in [0, 0.05) is 35.7 Å². The Hall–Kier alpha value is -1.32. The molecule has 2 aliphatic heterocycles. The van der Waals surface area contributed by atoms with Gasteiger partial charge in [-0.05, 0) is 30.9 Å². The first-order valence-corrected chi connectivity index (χ1v) is 6.92. The Labute approximate surface area is 107 Å². The first-order valence-electron chi connectivity index (χ1n) is 6.92. The molecule has 3 heterocycles. The Morgan fingerprint density at radius 1 is 1.22 bits per heavy atom. The summed E-state index contributed by atoms with van der Waals surface area (Å²) in [4.78, 5) is 6.24. The number of fused-ring (bicyclic) bond motifs is 5. The second kappa shape index (κ2) is 3.84. The van der Waals surface area contributed by atoms with E-state index < -0.39 is 0 Å². The first-order chi connectivity index (χ1) is 8.83. The van der Waals surface area contributed by atoms with Crippen LogP contribution in [0.5, 0.6) is 0 Å². The predicted molar refractivity (Wildman–Crippen MR) is 73.5 cm³/mol. The summed E-state index contributed by atoms with van der Waals surface area (Å²) in [6.07, 6.45) is 3.41. The molecule has 0 unspecified atom stereocenters. The SMILES string of the molecule is N[C@@H]1CCN2CCc3c([nH]c4ccccc34)[C@@H]2C1. The van der Waals surface area contributed by atoms with Gasteiger partial charge in [-0.2, -0.15) is 0 Å². The number of aromatic amines is 1. The lowest BCUT2D eigenvalue weighted by Crippen LogP contribution is -2.45. The molecule has 1 fully saturated rings. The van der Waals surface area contributed by atoms with Crippen molar-refractivity contribution in [2.75, 3.05) is 13.1 Å². The fourth-order valence-corrected chi connectivity index (χ4v) is 3.64. The third kappa shape index (κ3) is 1.44. The molecule has 3 N–H and O–H groups in total. The number of nitrogens with one attached hydrogen (secondary N) is 1. The molecular formula is C15H19N3. The van der Waals surface area contributed by atoms with Gasteiger partial charge in [-0.25, -0.2) is 0 Å². The Bertz CT molecular complexity index is 586. The number of rotatable bonds is 0. The van der Waals surface area contributed by atoms with Gasteiger partial charge >= 0.3 is 0 Å². The van der Waals surface area contributed by atoms with E-state index in [1.54, 1.807) is 0 Å². The molecule has 0 bridgehead atoms. The lowest BCUT2D eigenvalue weighted by Gasteiger charge is -2.41. The normalized spacial score (nSPS) is 28.1. The number of benzene rings is 1. The molecule has 0 radical (unpaired) electrons. The highest BCUT2D eigenvalue weighted by Gasteiger charge is 2.34. The van der Waals surface area contributed by atoms with Crippen molar-refractivity contribution in [3.8, 4) is 0 Å². The minimum atomic E-state index is 0.364. The van der Waals surface area contributed by atoms with Gasteiger partial charge in [0.1, 0.15) is 0 Å². The molecule has 0 aliphatic carbocycles. The van der Waals surface area contributed by atoms with Crippen molar-refractivity contribution in [1.29, 1.82) is 0 Å². The maximum absolute atomic E-state index is 6.15. The number of nitrogens with zero attached hydrogens (tertiary/aromatic N) is 1. The smallest absolute Gasteiger partial charge is 0.0516 e. The van der Waals surface area contributed by atoms with Gasteiger partial charge < -0.3 is 10.7 Å². The lowest BCUT2D eigenvalue weighted by molar-refractivity contribution is 0.124. The van der Waals surface area contributed by atoms with E-state index in [-0.39, 0.29) is 0 Å². The van der Waals surface area contributed by atoms with Gasteiger partial charge in [-0.3, -0.25) is 4.90 Å². The van der Waals surface area contributed by atoms with Crippen LogP contribution >= 0.6 is 0 Å². The van der Waals surface area contributed by atoms with E-state index in [2.05, 4.69) is 34.1 Å². The molecule has 2 atom stereocenters. The predicted octanol–water partition coefficient (Wildman–Crippen LogP) is 2.19. The molecule has 1 aromatic carbocycles. The largest absolute Gasteiger partial charge is 0.357 e. The van der Waals surface area contributed by atoms with E-state index in [0.29, 0.717) is 12.1 Å². The maximum atomic E-state index is 6.15. The van der Waals surface area contributed by atoms with E-state index in [1.165, 1.54) is 35.1 Å². The Balaban J connectivity index is 1.86. The van der Waals surface area contributed by atoms with Crippen LogP contribution in [0, 0.1) is 0 Å². The fourth-order valence-electron chi connectivity index (χ4n) is 3.64. The number of piperidine rings is 1. The van der Waals surface area contributed by atoms with Crippen molar-refractivity contribution < 1.29 is 0 Å². The van der Waals surface area contributed by atoms with Gasteiger partial charge in [0.05, 0.1) is 6.04 Å². The number of hydrogen-bond acceptors (Lipinski definition) is 2. The lowest BCUT2D eigenvalue weighted by atomic mass is 9.89. The van der Waals surface area contributed by atoms with Crippen molar-refractivity contribution in [1.82, 2.24) is 9.88 Å². The Morgan fingerprint density at radius 3 is 3.06 bits per heavy atom. The molecule has 1 saturated heterocycles. The van der Waals surface area contributed by atoms with Crippen LogP contribution in [0.4, 0.5) is 0 Å². The van der Waals surface area contributed by atoms with E-state index in [1.807, 2.05) is 0 Å². The zero-order valence-electron chi connectivity index (χ0n) is 10.5. The molecule has 1 aromatic heterocycles. The molecule has 4 rings (SSSR count). The highest BCUT2D eigenvalue weighted by atomic mass is 15.2. The summed E-state index contributed by atoms with van der Waals surface area (Å²) in [5.41, 5.74) is 10.4. The Kier molecular flexibility index (Phi) is 2.26. The van der Waals surface area contributed by atoms with E-state index in [4.69, 9.17) is 5.73 Å². The number of hydrogen-bond donors (Lipinski definition) is 2. The second-order valence-corrected chi connectivity index (χ2v) is 5.65. The van der Waals surface area contributed by atoms with Crippen molar-refractivity contribution in [2.45, 2.75) is 31.3 Å². The minimum absolute atomic E-state index is 0.364. The summed E-state index contributed by atoms with van der Waals surface area (Å²) in [6, 6.07) is 9.54. The fraction of sp³-hybridized carbons (Fsp3) is 0.467. The average Bonchev–Trinajstić information content (AvgIpc) is 2.78. The third-order valence-corrected chi connectivity index (χ3v) is 4.58. The van der Waals surface area contributed by atoms with E-state index in [0.717, 1.165) is 19.4 Å². The van der Waals surface area contributed by atoms with E-state index in [9.17, 15) is 0 Å². The number of nitrogens with two attached hydrogens (primary N) is 1. The van der Waals surface area contributed by atoms with Crippen LogP contribution in [0.3, 0.4) is 0 Å². The topological polar surface area (TPSA) is 45.0 Å². The summed E-state index contributed by atoms with van der Waals surface area (Å²) < 4.78 is 0. The van der Waals surface area contributed by atoms with Gasteiger partial charge in [0.25, 0.3) is 0 Å². The first kappa shape index (κ1) is 10.6. The number of aromatic nitrogens is 1. The van der Waals surface area contributed by atoms with Crippen LogP contribution in [-0.4, -0.2) is 29.0 Å². The van der Waals surface area contributed by atoms with Gasteiger partial charge in [-0.15, -0.1) is 0 Å². The van der Waals surface area contributed by atoms with Crippen LogP contribution in [-0.2, 0) is 6.42 Å². The minimum Gasteiger partial charge on any atom is -0.357 e. The molecule has 2 aliphatic rings. The molecule has 18 heavy (non-hydrogen) atoms. The Morgan fingerprint density at radius 2 is 2.11 bits per heavy atom. The summed E-state index contributed by atoms with van der Waals surface area (Å²) in [5.74, 6) is 0. The van der Waals surface area contributed by atoms with Gasteiger partial charge in [-0.1, -0.05) is 18.2 Å². The molecule has 94 valence electrons. The highest BCUT2D eigenvalue weighted by molar-refractivity contribution is 5.85. The molecular weight excluding hydrogens is 222 g/mol. The third-order valence-electron chi connectivity index (χ3n) is 4.58. The van der Waals surface area contributed by atoms with Crippen molar-refractivity contribution in [3.05, 3.63) is 35.5 Å². The monoisotopic (exact) mass is 241 g/mol. The maximum Gasteiger partial charge on any atom is 0.0516 e. The molecule has 2 aromatic rings. The standard InChI is InChI=1S/C15H19N3/c16-10-5-7-18-8-6-12-11-3-1-2-4-13(11)17-15(12)14(18)9-10/h1-4,10,14,17H,5-9,16H2/t10-,14+/m1/s1. The second-order valence-electron chi connectivity index (χ2n) is 5.65. The van der Waals surface area contributed by atoms with Gasteiger partial charge in [0.15, 0.2) is 0 Å². The zero-order chi connectivity index (χ0) is 12.1. The van der Waals surface area contributed by atoms with E-state index >= 15 is 0 Å². The summed E-state index contributed by atoms with van der Waals surface area (Å²) >= 11 is 0. The van der Waals surface area contributed by atoms with Crippen molar-refractivity contribution in [2.24, 2.45) is 5.73 Å². The van der Waals surface area contributed by atoms with Crippen molar-refractivity contribution in [3.63, 3.8) is 0 Å². The average molecular weight is 241 g/mol.